The first kappa shape index (κ1) is 37.0. The lowest BCUT2D eigenvalue weighted by molar-refractivity contribution is -0.385. The normalized spacial score (nSPS) is 13.9. The van der Waals surface area contributed by atoms with Gasteiger partial charge in [0.1, 0.15) is 26.4 Å². The van der Waals surface area contributed by atoms with E-state index in [1.165, 1.54) is 58.3 Å². The number of nitrogens with zero attached hydrogens (tertiary/aromatic N) is 4. The van der Waals surface area contributed by atoms with E-state index in [1.54, 1.807) is 50.5 Å². The number of rotatable bonds is 6. The van der Waals surface area contributed by atoms with Crippen LogP contribution >= 0.6 is 0 Å². The fourth-order valence-electron chi connectivity index (χ4n) is 4.99. The zero-order valence-electron chi connectivity index (χ0n) is 28.4. The Morgan fingerprint density at radius 3 is 1.15 bits per heavy atom. The van der Waals surface area contributed by atoms with Gasteiger partial charge in [-0.15, -0.1) is 0 Å². The van der Waals surface area contributed by atoms with E-state index < -0.39 is 9.85 Å². The minimum atomic E-state index is -0.530. The summed E-state index contributed by atoms with van der Waals surface area (Å²) in [6, 6.07) is 20.8. The fraction of sp³-hybridized carbons (Fsp3) is 0.278. The summed E-state index contributed by atoms with van der Waals surface area (Å²) in [6.07, 6.45) is 0. The Hall–Kier alpha value is -6.26. The molecule has 4 aromatic rings. The number of carbonyl (C=O) groups excluding carboxylic acids is 2. The van der Waals surface area contributed by atoms with Gasteiger partial charge in [0.2, 0.25) is 0 Å². The van der Waals surface area contributed by atoms with Crippen molar-refractivity contribution in [1.82, 2.24) is 0 Å². The number of nitro groups is 2. The van der Waals surface area contributed by atoms with Gasteiger partial charge in [0.25, 0.3) is 23.2 Å². The Balaban J connectivity index is 1.22. The molecule has 0 spiro atoms. The van der Waals surface area contributed by atoms with E-state index in [0.717, 1.165) is 0 Å². The zero-order chi connectivity index (χ0) is 37.0. The number of ether oxygens (including phenoxy) is 6. The first-order valence-electron chi connectivity index (χ1n) is 16.1. The van der Waals surface area contributed by atoms with Crippen molar-refractivity contribution in [1.29, 1.82) is 0 Å². The molecule has 0 radical (unpaired) electrons. The van der Waals surface area contributed by atoms with E-state index in [-0.39, 0.29) is 87.2 Å². The molecule has 52 heavy (non-hydrogen) atoms. The molecule has 0 saturated heterocycles. The highest BCUT2D eigenvalue weighted by molar-refractivity contribution is 6.06. The predicted octanol–water partition coefficient (Wildman–Crippen LogP) is 5.32. The van der Waals surface area contributed by atoms with Gasteiger partial charge in [-0.1, -0.05) is 0 Å². The van der Waals surface area contributed by atoms with Crippen LogP contribution in [0.15, 0.2) is 84.9 Å². The van der Waals surface area contributed by atoms with Crippen LogP contribution in [0.5, 0.6) is 23.0 Å². The van der Waals surface area contributed by atoms with Gasteiger partial charge < -0.3 is 38.2 Å². The lowest BCUT2D eigenvalue weighted by Gasteiger charge is -2.21. The van der Waals surface area contributed by atoms with E-state index in [9.17, 15) is 29.8 Å². The molecule has 0 bridgehead atoms. The minimum absolute atomic E-state index is 0.114. The molecular formula is C36H36N4O12. The second kappa shape index (κ2) is 17.6. The summed E-state index contributed by atoms with van der Waals surface area (Å²) in [4.78, 5) is 50.0. The van der Waals surface area contributed by atoms with Gasteiger partial charge in [-0.2, -0.15) is 0 Å². The Kier molecular flexibility index (Phi) is 12.5. The molecule has 1 aliphatic heterocycles. The maximum absolute atomic E-state index is 13.1. The van der Waals surface area contributed by atoms with Gasteiger partial charge in [-0.3, -0.25) is 29.8 Å². The summed E-state index contributed by atoms with van der Waals surface area (Å²) < 4.78 is 35.3. The molecule has 0 N–H and O–H groups in total. The number of hydrogen-bond donors (Lipinski definition) is 0. The van der Waals surface area contributed by atoms with Crippen LogP contribution in [0, 0.1) is 20.2 Å². The smallest absolute Gasteiger partial charge is 0.269 e. The molecular weight excluding hydrogens is 680 g/mol. The van der Waals surface area contributed by atoms with E-state index in [1.807, 2.05) is 0 Å². The molecule has 0 unspecified atom stereocenters. The Morgan fingerprint density at radius 1 is 0.500 bits per heavy atom. The average Bonchev–Trinajstić information content (AvgIpc) is 3.16. The fourth-order valence-corrected chi connectivity index (χ4v) is 4.99. The molecule has 16 nitrogen and oxygen atoms in total. The van der Waals surface area contributed by atoms with Gasteiger partial charge in [0.15, 0.2) is 23.0 Å². The third-order valence-corrected chi connectivity index (χ3v) is 7.83. The van der Waals surface area contributed by atoms with E-state index >= 15 is 0 Å². The van der Waals surface area contributed by atoms with Gasteiger partial charge in [0.05, 0.1) is 36.3 Å². The second-order valence-corrected chi connectivity index (χ2v) is 11.2. The molecule has 0 saturated carbocycles. The molecule has 0 atom stereocenters. The van der Waals surface area contributed by atoms with Crippen LogP contribution in [0.25, 0.3) is 0 Å². The maximum atomic E-state index is 13.1. The van der Waals surface area contributed by atoms with Crippen molar-refractivity contribution >= 4 is 34.6 Å². The SMILES string of the molecule is CN(C(=O)c1ccc([N+](=O)[O-])cc1)c1ccc2c(c1)OCCOCCOc1cc(N(C)C(=O)c3ccc([N+](=O)[O-])cc3)ccc1OCCOCCO2. The van der Waals surface area contributed by atoms with Gasteiger partial charge >= 0.3 is 0 Å². The van der Waals surface area contributed by atoms with Crippen molar-refractivity contribution in [2.75, 3.05) is 76.8 Å². The molecule has 5 rings (SSSR count). The first-order valence-corrected chi connectivity index (χ1v) is 16.1. The van der Waals surface area contributed by atoms with E-state index in [2.05, 4.69) is 0 Å². The molecule has 1 aliphatic rings. The van der Waals surface area contributed by atoms with Crippen LogP contribution in [0.4, 0.5) is 22.7 Å². The van der Waals surface area contributed by atoms with Crippen LogP contribution in [0.1, 0.15) is 20.7 Å². The summed E-state index contributed by atoms with van der Waals surface area (Å²) in [7, 11) is 3.17. The van der Waals surface area contributed by atoms with Gasteiger partial charge in [0, 0.05) is 73.0 Å². The highest BCUT2D eigenvalue weighted by Crippen LogP contribution is 2.34. The summed E-state index contributed by atoms with van der Waals surface area (Å²) in [5, 5.41) is 22.0. The summed E-state index contributed by atoms with van der Waals surface area (Å²) in [5.74, 6) is 0.882. The van der Waals surface area contributed by atoms with Gasteiger partial charge in [-0.25, -0.2) is 0 Å². The first-order chi connectivity index (χ1) is 25.1. The number of non-ortho nitro benzene ring substituents is 2. The summed E-state index contributed by atoms with van der Waals surface area (Å²) in [5.41, 5.74) is 1.35. The van der Waals surface area contributed by atoms with Crippen LogP contribution in [-0.2, 0) is 9.47 Å². The molecule has 1 heterocycles. The van der Waals surface area contributed by atoms with Crippen LogP contribution in [0.3, 0.4) is 0 Å². The number of amides is 2. The molecule has 272 valence electrons. The average molecular weight is 717 g/mol. The van der Waals surface area contributed by atoms with Crippen molar-refractivity contribution < 1.29 is 47.9 Å². The van der Waals surface area contributed by atoms with Crippen molar-refractivity contribution in [2.24, 2.45) is 0 Å². The predicted molar refractivity (Wildman–Crippen MR) is 188 cm³/mol. The number of fused-ring (bicyclic) bond motifs is 2. The maximum Gasteiger partial charge on any atom is 0.269 e. The number of carbonyl (C=O) groups is 2. The quantitative estimate of drug-likeness (QED) is 0.185. The number of nitro benzene ring substituents is 2. The van der Waals surface area contributed by atoms with E-state index in [0.29, 0.717) is 34.4 Å². The Morgan fingerprint density at radius 2 is 0.827 bits per heavy atom. The van der Waals surface area contributed by atoms with Crippen LogP contribution in [-0.4, -0.2) is 88.6 Å². The highest BCUT2D eigenvalue weighted by Gasteiger charge is 2.19. The Bertz CT molecular complexity index is 1750. The highest BCUT2D eigenvalue weighted by atomic mass is 16.6. The number of anilines is 2. The standard InChI is InChI=1S/C36H36N4O12/c1-37(35(41)25-3-7-27(8-4-25)39(43)44)29-11-13-31-33(23-29)51-21-17-48-18-22-52-34-24-30(12-14-32(34)50-20-16-47-15-19-49-31)38(2)36(42)26-5-9-28(10-6-26)40(45)46/h3-14,23-24H,15-22H2,1-2H3. The van der Waals surface area contributed by atoms with Gasteiger partial charge in [-0.05, 0) is 48.5 Å². The molecule has 16 heteroatoms. The third kappa shape index (κ3) is 9.49. The molecule has 4 aromatic carbocycles. The molecule has 2 amide bonds. The largest absolute Gasteiger partial charge is 0.487 e. The lowest BCUT2D eigenvalue weighted by atomic mass is 10.1. The van der Waals surface area contributed by atoms with Crippen LogP contribution in [0.2, 0.25) is 0 Å². The topological polar surface area (TPSA) is 182 Å². The number of benzene rings is 4. The van der Waals surface area contributed by atoms with Crippen LogP contribution < -0.4 is 28.7 Å². The van der Waals surface area contributed by atoms with Crippen molar-refractivity contribution in [3.8, 4) is 23.0 Å². The summed E-state index contributed by atoms with van der Waals surface area (Å²) >= 11 is 0. The zero-order valence-corrected chi connectivity index (χ0v) is 28.4. The third-order valence-electron chi connectivity index (χ3n) is 7.83. The second-order valence-electron chi connectivity index (χ2n) is 11.2. The Labute approximate surface area is 298 Å². The number of hydrogen-bond acceptors (Lipinski definition) is 12. The minimum Gasteiger partial charge on any atom is -0.487 e. The molecule has 0 fully saturated rings. The summed E-state index contributed by atoms with van der Waals surface area (Å²) in [6.45, 7) is 1.57. The van der Waals surface area contributed by atoms with Crippen molar-refractivity contribution in [3.63, 3.8) is 0 Å². The van der Waals surface area contributed by atoms with E-state index in [4.69, 9.17) is 28.4 Å². The lowest BCUT2D eigenvalue weighted by Crippen LogP contribution is -2.26. The van der Waals surface area contributed by atoms with Crippen molar-refractivity contribution in [3.05, 3.63) is 116 Å². The molecule has 0 aliphatic carbocycles. The molecule has 0 aromatic heterocycles. The van der Waals surface area contributed by atoms with Crippen molar-refractivity contribution in [2.45, 2.75) is 0 Å². The monoisotopic (exact) mass is 716 g/mol.